The minimum absolute atomic E-state index is 0.746. The Morgan fingerprint density at radius 1 is 1.28 bits per heavy atom. The maximum Gasteiger partial charge on any atom is 0.179 e. The highest BCUT2D eigenvalue weighted by molar-refractivity contribution is 5.72. The van der Waals surface area contributed by atoms with Crippen LogP contribution < -0.4 is 10.6 Å². The molecular weight excluding hydrogens is 226 g/mol. The van der Waals surface area contributed by atoms with Crippen molar-refractivity contribution in [3.63, 3.8) is 0 Å². The van der Waals surface area contributed by atoms with E-state index in [2.05, 4.69) is 25.6 Å². The van der Waals surface area contributed by atoms with Crippen LogP contribution in [0.1, 0.15) is 18.7 Å². The molecule has 1 aliphatic rings. The van der Waals surface area contributed by atoms with Crippen LogP contribution in [-0.2, 0) is 6.42 Å². The molecule has 5 heteroatoms. The molecule has 1 aliphatic heterocycles. The number of hydrogen-bond acceptors (Lipinski definition) is 4. The van der Waals surface area contributed by atoms with Crippen molar-refractivity contribution in [2.75, 3.05) is 25.5 Å². The van der Waals surface area contributed by atoms with Gasteiger partial charge < -0.3 is 15.6 Å². The Morgan fingerprint density at radius 2 is 2.11 bits per heavy atom. The molecule has 0 unspecified atom stereocenters. The molecule has 96 valence electrons. The number of anilines is 1. The first kappa shape index (κ1) is 11.5. The molecule has 0 aromatic carbocycles. The summed E-state index contributed by atoms with van der Waals surface area (Å²) in [6.45, 7) is 2.26. The fraction of sp³-hybridized carbons (Fsp3) is 0.538. The van der Waals surface area contributed by atoms with Crippen LogP contribution >= 0.6 is 0 Å². The average Bonchev–Trinajstić information content (AvgIpc) is 2.80. The lowest BCUT2D eigenvalue weighted by Gasteiger charge is -2.21. The van der Waals surface area contributed by atoms with Crippen LogP contribution in [0.5, 0.6) is 0 Å². The SMILES string of the molecule is CNc1ccc2[nH]c(CC3CCNCC3)nc2n1. The summed E-state index contributed by atoms with van der Waals surface area (Å²) in [7, 11) is 1.87. The van der Waals surface area contributed by atoms with E-state index in [-0.39, 0.29) is 0 Å². The topological polar surface area (TPSA) is 65.6 Å². The van der Waals surface area contributed by atoms with Crippen molar-refractivity contribution < 1.29 is 0 Å². The lowest BCUT2D eigenvalue weighted by molar-refractivity contribution is 0.368. The van der Waals surface area contributed by atoms with Gasteiger partial charge in [-0.05, 0) is 44.0 Å². The molecule has 0 aliphatic carbocycles. The summed E-state index contributed by atoms with van der Waals surface area (Å²) in [5.41, 5.74) is 1.84. The Labute approximate surface area is 106 Å². The Morgan fingerprint density at radius 3 is 2.89 bits per heavy atom. The number of H-pyrrole nitrogens is 1. The summed E-state index contributed by atoms with van der Waals surface area (Å²) < 4.78 is 0. The fourth-order valence-corrected chi connectivity index (χ4v) is 2.54. The van der Waals surface area contributed by atoms with Gasteiger partial charge in [0.2, 0.25) is 0 Å². The maximum atomic E-state index is 4.59. The largest absolute Gasteiger partial charge is 0.373 e. The van der Waals surface area contributed by atoms with Gasteiger partial charge in [0.1, 0.15) is 11.6 Å². The first-order chi connectivity index (χ1) is 8.85. The Hall–Kier alpha value is -1.62. The molecule has 3 rings (SSSR count). The Balaban J connectivity index is 1.79. The zero-order chi connectivity index (χ0) is 12.4. The second-order valence-corrected chi connectivity index (χ2v) is 4.90. The molecule has 0 atom stereocenters. The van der Waals surface area contributed by atoms with Gasteiger partial charge in [0.05, 0.1) is 5.52 Å². The van der Waals surface area contributed by atoms with Gasteiger partial charge in [-0.15, -0.1) is 0 Å². The van der Waals surface area contributed by atoms with Gasteiger partial charge >= 0.3 is 0 Å². The third-order valence-electron chi connectivity index (χ3n) is 3.59. The zero-order valence-corrected chi connectivity index (χ0v) is 10.7. The van der Waals surface area contributed by atoms with E-state index < -0.39 is 0 Å². The molecule has 0 radical (unpaired) electrons. The van der Waals surface area contributed by atoms with E-state index in [0.717, 1.165) is 48.2 Å². The third-order valence-corrected chi connectivity index (χ3v) is 3.59. The van der Waals surface area contributed by atoms with E-state index >= 15 is 0 Å². The number of imidazole rings is 1. The van der Waals surface area contributed by atoms with Crippen LogP contribution in [0.2, 0.25) is 0 Å². The summed E-state index contributed by atoms with van der Waals surface area (Å²) in [6.07, 6.45) is 3.52. The Kier molecular flexibility index (Phi) is 3.15. The van der Waals surface area contributed by atoms with Crippen molar-refractivity contribution in [3.05, 3.63) is 18.0 Å². The summed E-state index contributed by atoms with van der Waals surface area (Å²) in [4.78, 5) is 12.4. The van der Waals surface area contributed by atoms with E-state index in [1.807, 2.05) is 19.2 Å². The third kappa shape index (κ3) is 2.31. The van der Waals surface area contributed by atoms with Crippen molar-refractivity contribution in [1.82, 2.24) is 20.3 Å². The lowest BCUT2D eigenvalue weighted by atomic mass is 9.94. The van der Waals surface area contributed by atoms with Crippen molar-refractivity contribution in [1.29, 1.82) is 0 Å². The molecule has 0 bridgehead atoms. The van der Waals surface area contributed by atoms with E-state index in [1.54, 1.807) is 0 Å². The predicted octanol–water partition coefficient (Wildman–Crippen LogP) is 1.54. The molecule has 0 saturated carbocycles. The van der Waals surface area contributed by atoms with Crippen LogP contribution in [-0.4, -0.2) is 35.1 Å². The number of aromatic nitrogens is 3. The molecule has 0 amide bonds. The van der Waals surface area contributed by atoms with E-state index in [1.165, 1.54) is 12.8 Å². The summed E-state index contributed by atoms with van der Waals surface area (Å²) in [6, 6.07) is 4.00. The van der Waals surface area contributed by atoms with Gasteiger partial charge in [0.25, 0.3) is 0 Å². The number of fused-ring (bicyclic) bond motifs is 1. The van der Waals surface area contributed by atoms with Crippen LogP contribution in [0.3, 0.4) is 0 Å². The van der Waals surface area contributed by atoms with Gasteiger partial charge in [0.15, 0.2) is 5.65 Å². The van der Waals surface area contributed by atoms with E-state index in [4.69, 9.17) is 0 Å². The maximum absolute atomic E-state index is 4.59. The van der Waals surface area contributed by atoms with E-state index in [9.17, 15) is 0 Å². The number of aromatic amines is 1. The number of hydrogen-bond donors (Lipinski definition) is 3. The van der Waals surface area contributed by atoms with Crippen molar-refractivity contribution >= 4 is 17.0 Å². The van der Waals surface area contributed by atoms with Crippen molar-refractivity contribution in [2.24, 2.45) is 5.92 Å². The minimum Gasteiger partial charge on any atom is -0.373 e. The highest BCUT2D eigenvalue weighted by Crippen LogP contribution is 2.19. The monoisotopic (exact) mass is 245 g/mol. The number of nitrogens with one attached hydrogen (secondary N) is 3. The second kappa shape index (κ2) is 4.94. The number of nitrogens with zero attached hydrogens (tertiary/aromatic N) is 2. The Bertz CT molecular complexity index is 527. The van der Waals surface area contributed by atoms with Crippen LogP contribution in [0.4, 0.5) is 5.82 Å². The smallest absolute Gasteiger partial charge is 0.179 e. The van der Waals surface area contributed by atoms with Gasteiger partial charge in [-0.25, -0.2) is 9.97 Å². The normalized spacial score (nSPS) is 17.2. The number of piperidine rings is 1. The van der Waals surface area contributed by atoms with Gasteiger partial charge in [-0.3, -0.25) is 0 Å². The standard InChI is InChI=1S/C13H19N5/c1-14-11-3-2-10-13(17-11)18-12(16-10)8-9-4-6-15-7-5-9/h2-3,9,15H,4-8H2,1H3,(H2,14,16,17,18). The molecule has 2 aromatic rings. The van der Waals surface area contributed by atoms with Gasteiger partial charge in [0, 0.05) is 13.5 Å². The number of rotatable bonds is 3. The molecule has 5 nitrogen and oxygen atoms in total. The average molecular weight is 245 g/mol. The minimum atomic E-state index is 0.746. The van der Waals surface area contributed by atoms with Gasteiger partial charge in [-0.2, -0.15) is 0 Å². The molecule has 0 spiro atoms. The highest BCUT2D eigenvalue weighted by atomic mass is 15.0. The molecule has 3 N–H and O–H groups in total. The van der Waals surface area contributed by atoms with Gasteiger partial charge in [-0.1, -0.05) is 0 Å². The molecule has 18 heavy (non-hydrogen) atoms. The fourth-order valence-electron chi connectivity index (χ4n) is 2.54. The first-order valence-corrected chi connectivity index (χ1v) is 6.59. The first-order valence-electron chi connectivity index (χ1n) is 6.59. The summed E-state index contributed by atoms with van der Waals surface area (Å²) >= 11 is 0. The molecular formula is C13H19N5. The molecule has 1 fully saturated rings. The van der Waals surface area contributed by atoms with E-state index in [0.29, 0.717) is 0 Å². The molecule has 1 saturated heterocycles. The van der Waals surface area contributed by atoms with Crippen LogP contribution in [0.15, 0.2) is 12.1 Å². The van der Waals surface area contributed by atoms with Crippen molar-refractivity contribution in [3.8, 4) is 0 Å². The predicted molar refractivity (Wildman–Crippen MR) is 72.7 cm³/mol. The van der Waals surface area contributed by atoms with Crippen LogP contribution in [0, 0.1) is 5.92 Å². The second-order valence-electron chi connectivity index (χ2n) is 4.90. The number of pyridine rings is 1. The van der Waals surface area contributed by atoms with Crippen LogP contribution in [0.25, 0.3) is 11.2 Å². The summed E-state index contributed by atoms with van der Waals surface area (Å²) in [5, 5.41) is 6.43. The quantitative estimate of drug-likeness (QED) is 0.767. The summed E-state index contributed by atoms with van der Waals surface area (Å²) in [5.74, 6) is 2.68. The molecule has 2 aromatic heterocycles. The highest BCUT2D eigenvalue weighted by Gasteiger charge is 2.15. The van der Waals surface area contributed by atoms with Crippen molar-refractivity contribution in [2.45, 2.75) is 19.3 Å². The lowest BCUT2D eigenvalue weighted by Crippen LogP contribution is -2.28. The molecule has 3 heterocycles. The zero-order valence-electron chi connectivity index (χ0n) is 10.7.